The molecule has 3 spiro atoms. The molecule has 6 aliphatic rings. The average Bonchev–Trinajstić information content (AvgIpc) is 2.73. The number of rotatable bonds is 2. The molecule has 3 heteroatoms. The highest BCUT2D eigenvalue weighted by molar-refractivity contribution is 5.09. The van der Waals surface area contributed by atoms with E-state index < -0.39 is 0 Å². The summed E-state index contributed by atoms with van der Waals surface area (Å²) in [5.74, 6) is 0.959. The maximum Gasteiger partial charge on any atom is 0.0125 e. The van der Waals surface area contributed by atoms with Crippen LogP contribution in [0.15, 0.2) is 0 Å². The van der Waals surface area contributed by atoms with Gasteiger partial charge in [-0.2, -0.15) is 0 Å². The Morgan fingerprint density at radius 1 is 0.543 bits per heavy atom. The summed E-state index contributed by atoms with van der Waals surface area (Å²) in [7, 11) is 0. The van der Waals surface area contributed by atoms with Crippen molar-refractivity contribution in [3.63, 3.8) is 0 Å². The molecular weight excluding hydrogens is 426 g/mol. The van der Waals surface area contributed by atoms with Gasteiger partial charge in [-0.25, -0.2) is 0 Å². The minimum absolute atomic E-state index is 0.356. The van der Waals surface area contributed by atoms with Gasteiger partial charge < -0.3 is 4.90 Å². The third kappa shape index (κ3) is 4.67. The van der Waals surface area contributed by atoms with E-state index in [0.717, 1.165) is 28.8 Å². The molecule has 3 saturated heterocycles. The lowest BCUT2D eigenvalue weighted by molar-refractivity contribution is -0.137. The Morgan fingerprint density at radius 3 is 1.46 bits per heavy atom. The lowest BCUT2D eigenvalue weighted by Gasteiger charge is -2.64. The first kappa shape index (κ1) is 25.2. The van der Waals surface area contributed by atoms with E-state index in [9.17, 15) is 0 Å². The van der Waals surface area contributed by atoms with Gasteiger partial charge in [0.1, 0.15) is 0 Å². The summed E-state index contributed by atoms with van der Waals surface area (Å²) in [5.41, 5.74) is 3.03. The normalized spacial score (nSPS) is 36.2. The molecule has 0 bridgehead atoms. The molecule has 200 valence electrons. The third-order valence-corrected chi connectivity index (χ3v) is 12.7. The number of hydrogen-bond acceptors (Lipinski definition) is 3. The number of nitrogens with zero attached hydrogens (tertiary/aromatic N) is 3. The first-order chi connectivity index (χ1) is 16.4. The van der Waals surface area contributed by atoms with Gasteiger partial charge in [0.25, 0.3) is 0 Å². The fraction of sp³-hybridized carbons (Fsp3) is 1.00. The van der Waals surface area contributed by atoms with Crippen LogP contribution in [0.4, 0.5) is 0 Å². The van der Waals surface area contributed by atoms with Crippen molar-refractivity contribution in [3.05, 3.63) is 0 Å². The molecule has 0 aromatic rings. The van der Waals surface area contributed by atoms with E-state index in [4.69, 9.17) is 0 Å². The molecule has 0 N–H and O–H groups in total. The van der Waals surface area contributed by atoms with Crippen LogP contribution in [0, 0.1) is 27.6 Å². The molecule has 6 rings (SSSR count). The monoisotopic (exact) mass is 483 g/mol. The maximum absolute atomic E-state index is 2.92. The van der Waals surface area contributed by atoms with Crippen molar-refractivity contribution in [1.82, 2.24) is 14.7 Å². The zero-order valence-corrected chi connectivity index (χ0v) is 24.3. The molecule has 3 aliphatic heterocycles. The first-order valence-corrected chi connectivity index (χ1v) is 15.6. The van der Waals surface area contributed by atoms with Crippen molar-refractivity contribution in [1.29, 1.82) is 0 Å². The predicted molar refractivity (Wildman–Crippen MR) is 148 cm³/mol. The quantitative estimate of drug-likeness (QED) is 0.427. The lowest BCUT2D eigenvalue weighted by atomic mass is 9.56. The van der Waals surface area contributed by atoms with Crippen LogP contribution in [0.5, 0.6) is 0 Å². The van der Waals surface area contributed by atoms with E-state index >= 15 is 0 Å². The van der Waals surface area contributed by atoms with Crippen LogP contribution in [0.25, 0.3) is 0 Å². The van der Waals surface area contributed by atoms with Gasteiger partial charge in [0.05, 0.1) is 0 Å². The summed E-state index contributed by atoms with van der Waals surface area (Å²) in [5, 5.41) is 0. The standard InChI is InChI=1S/C32H57N3/c1-28(2,3)25-7-9-32(10-8-25)23-34(24-32)27-21-30(22-27)11-15-33(16-12-30)26-19-31(20-26)13-17-35(18-14-31)29(4,5)6/h25-27H,7-24H2,1-6H3. The van der Waals surface area contributed by atoms with E-state index in [-0.39, 0.29) is 0 Å². The predicted octanol–water partition coefficient (Wildman–Crippen LogP) is 6.81. The molecule has 0 unspecified atom stereocenters. The molecule has 0 aromatic heterocycles. The number of likely N-dealkylation sites (tertiary alicyclic amines) is 3. The smallest absolute Gasteiger partial charge is 0.0125 e. The molecule has 35 heavy (non-hydrogen) atoms. The Hall–Kier alpha value is -0.120. The van der Waals surface area contributed by atoms with Gasteiger partial charge in [-0.05, 0) is 152 Å². The van der Waals surface area contributed by atoms with Crippen LogP contribution in [-0.2, 0) is 0 Å². The summed E-state index contributed by atoms with van der Waals surface area (Å²) >= 11 is 0. The molecule has 0 atom stereocenters. The van der Waals surface area contributed by atoms with Crippen LogP contribution in [0.2, 0.25) is 0 Å². The van der Waals surface area contributed by atoms with Crippen LogP contribution in [0.3, 0.4) is 0 Å². The SMILES string of the molecule is CC(C)(C)C1CCC2(CC1)CN(C1CC3(CCN(C4CC5(CCN(C(C)(C)C)CC5)C4)CC3)C1)C2. The largest absolute Gasteiger partial charge is 0.300 e. The minimum Gasteiger partial charge on any atom is -0.300 e. The molecule has 6 fully saturated rings. The summed E-state index contributed by atoms with van der Waals surface area (Å²) in [4.78, 5) is 8.56. The second-order valence-corrected chi connectivity index (χ2v) is 16.9. The maximum atomic E-state index is 2.92. The number of piperidine rings is 2. The Bertz CT molecular complexity index is 740. The van der Waals surface area contributed by atoms with Gasteiger partial charge in [-0.1, -0.05) is 20.8 Å². The topological polar surface area (TPSA) is 9.72 Å². The lowest BCUT2D eigenvalue weighted by Crippen LogP contribution is -2.66. The van der Waals surface area contributed by atoms with Crippen LogP contribution >= 0.6 is 0 Å². The van der Waals surface area contributed by atoms with Gasteiger partial charge in [0.2, 0.25) is 0 Å². The van der Waals surface area contributed by atoms with Crippen LogP contribution in [-0.4, -0.2) is 71.6 Å². The second-order valence-electron chi connectivity index (χ2n) is 16.9. The van der Waals surface area contributed by atoms with Crippen molar-refractivity contribution >= 4 is 0 Å². The van der Waals surface area contributed by atoms with Gasteiger partial charge in [-0.3, -0.25) is 9.80 Å². The second kappa shape index (κ2) is 8.44. The van der Waals surface area contributed by atoms with Crippen LogP contribution < -0.4 is 0 Å². The molecule has 0 aromatic carbocycles. The Labute approximate surface area is 217 Å². The minimum atomic E-state index is 0.356. The Balaban J connectivity index is 0.899. The van der Waals surface area contributed by atoms with E-state index in [1.165, 1.54) is 116 Å². The molecule has 0 radical (unpaired) electrons. The van der Waals surface area contributed by atoms with E-state index in [1.54, 1.807) is 0 Å². The molecular formula is C32H57N3. The average molecular weight is 484 g/mol. The van der Waals surface area contributed by atoms with Gasteiger partial charge in [0, 0.05) is 30.7 Å². The van der Waals surface area contributed by atoms with E-state index in [2.05, 4.69) is 56.2 Å². The third-order valence-electron chi connectivity index (χ3n) is 12.7. The van der Waals surface area contributed by atoms with Crippen molar-refractivity contribution in [2.45, 2.75) is 136 Å². The van der Waals surface area contributed by atoms with Crippen molar-refractivity contribution in [2.75, 3.05) is 39.3 Å². The highest BCUT2D eigenvalue weighted by atomic mass is 15.3. The molecule has 3 saturated carbocycles. The fourth-order valence-electron chi connectivity index (χ4n) is 9.71. The van der Waals surface area contributed by atoms with E-state index in [0.29, 0.717) is 16.4 Å². The zero-order chi connectivity index (χ0) is 24.7. The summed E-state index contributed by atoms with van der Waals surface area (Å²) in [6.45, 7) is 22.9. The highest BCUT2D eigenvalue weighted by Gasteiger charge is 2.56. The highest BCUT2D eigenvalue weighted by Crippen LogP contribution is 2.58. The Kier molecular flexibility index (Phi) is 6.07. The zero-order valence-electron chi connectivity index (χ0n) is 24.3. The molecule has 3 aliphatic carbocycles. The van der Waals surface area contributed by atoms with Crippen molar-refractivity contribution < 1.29 is 0 Å². The number of hydrogen-bond donors (Lipinski definition) is 0. The molecule has 0 amide bonds. The molecule has 3 heterocycles. The van der Waals surface area contributed by atoms with Gasteiger partial charge in [0.15, 0.2) is 0 Å². The first-order valence-electron chi connectivity index (χ1n) is 15.6. The van der Waals surface area contributed by atoms with Crippen LogP contribution in [0.1, 0.15) is 119 Å². The molecule has 3 nitrogen and oxygen atoms in total. The Morgan fingerprint density at radius 2 is 1.00 bits per heavy atom. The van der Waals surface area contributed by atoms with Gasteiger partial charge in [-0.15, -0.1) is 0 Å². The fourth-order valence-corrected chi connectivity index (χ4v) is 9.71. The van der Waals surface area contributed by atoms with Crippen molar-refractivity contribution in [3.8, 4) is 0 Å². The summed E-state index contributed by atoms with van der Waals surface area (Å²) < 4.78 is 0. The van der Waals surface area contributed by atoms with Crippen molar-refractivity contribution in [2.24, 2.45) is 27.6 Å². The van der Waals surface area contributed by atoms with Gasteiger partial charge >= 0.3 is 0 Å². The van der Waals surface area contributed by atoms with E-state index in [1.807, 2.05) is 0 Å². The summed E-state index contributed by atoms with van der Waals surface area (Å²) in [6, 6.07) is 1.86. The summed E-state index contributed by atoms with van der Waals surface area (Å²) in [6.07, 6.45) is 18.0.